The first-order chi connectivity index (χ1) is 10.0. The van der Waals surface area contributed by atoms with Crippen molar-refractivity contribution in [3.05, 3.63) is 51.2 Å². The van der Waals surface area contributed by atoms with Crippen LogP contribution in [0.5, 0.6) is 0 Å². The molecule has 1 N–H and O–H groups in total. The zero-order chi connectivity index (χ0) is 15.4. The first-order valence-corrected chi connectivity index (χ1v) is 7.48. The van der Waals surface area contributed by atoms with Crippen molar-refractivity contribution in [3.63, 3.8) is 0 Å². The van der Waals surface area contributed by atoms with Gasteiger partial charge < -0.3 is 10.1 Å². The van der Waals surface area contributed by atoms with E-state index in [1.54, 1.807) is 31.2 Å². The summed E-state index contributed by atoms with van der Waals surface area (Å²) in [4.78, 5) is 25.5. The fraction of sp³-hybridized carbons (Fsp3) is 0.250. The van der Waals surface area contributed by atoms with Gasteiger partial charge >= 0.3 is 5.97 Å². The largest absolute Gasteiger partial charge is 0.462 e. The molecule has 0 fully saturated rings. The van der Waals surface area contributed by atoms with Crippen LogP contribution in [0, 0.1) is 13.8 Å². The number of rotatable bonds is 4. The lowest BCUT2D eigenvalue weighted by atomic mass is 10.2. The summed E-state index contributed by atoms with van der Waals surface area (Å²) in [5.74, 6) is -0.500. The van der Waals surface area contributed by atoms with Crippen molar-refractivity contribution in [1.82, 2.24) is 0 Å². The predicted molar refractivity (Wildman–Crippen MR) is 84.1 cm³/mol. The number of amides is 1. The summed E-state index contributed by atoms with van der Waals surface area (Å²) in [5.41, 5.74) is 2.23. The predicted octanol–water partition coefficient (Wildman–Crippen LogP) is 3.79. The topological polar surface area (TPSA) is 55.4 Å². The molecule has 2 rings (SSSR count). The molecular weight excluding hydrogens is 286 g/mol. The number of hydrogen-bond acceptors (Lipinski definition) is 4. The second kappa shape index (κ2) is 6.54. The van der Waals surface area contributed by atoms with Crippen LogP contribution in [0.3, 0.4) is 0 Å². The van der Waals surface area contributed by atoms with Crippen LogP contribution in [-0.2, 0) is 4.74 Å². The maximum absolute atomic E-state index is 12.1. The van der Waals surface area contributed by atoms with E-state index in [0.29, 0.717) is 22.7 Å². The Labute approximate surface area is 127 Å². The van der Waals surface area contributed by atoms with Crippen LogP contribution >= 0.6 is 11.3 Å². The highest BCUT2D eigenvalue weighted by molar-refractivity contribution is 7.14. The third-order valence-corrected chi connectivity index (χ3v) is 4.19. The lowest BCUT2D eigenvalue weighted by molar-refractivity contribution is 0.0526. The van der Waals surface area contributed by atoms with Crippen LogP contribution in [0.1, 0.15) is 37.4 Å². The molecule has 1 amide bonds. The van der Waals surface area contributed by atoms with Crippen molar-refractivity contribution < 1.29 is 14.3 Å². The number of anilines is 1. The van der Waals surface area contributed by atoms with Gasteiger partial charge in [-0.25, -0.2) is 4.79 Å². The maximum Gasteiger partial charge on any atom is 0.338 e. The Morgan fingerprint density at radius 3 is 2.38 bits per heavy atom. The van der Waals surface area contributed by atoms with E-state index in [1.807, 2.05) is 19.9 Å². The zero-order valence-electron chi connectivity index (χ0n) is 12.2. The van der Waals surface area contributed by atoms with Crippen LogP contribution in [0.2, 0.25) is 0 Å². The molecule has 21 heavy (non-hydrogen) atoms. The molecule has 1 aromatic heterocycles. The SMILES string of the molecule is CCOC(=O)c1ccc(NC(=O)c2cc(C)c(C)s2)cc1. The van der Waals surface area contributed by atoms with Gasteiger partial charge in [-0.1, -0.05) is 0 Å². The Hall–Kier alpha value is -2.14. The smallest absolute Gasteiger partial charge is 0.338 e. The van der Waals surface area contributed by atoms with Gasteiger partial charge in [0.1, 0.15) is 0 Å². The van der Waals surface area contributed by atoms with E-state index in [9.17, 15) is 9.59 Å². The van der Waals surface area contributed by atoms with Gasteiger partial charge in [0.25, 0.3) is 5.91 Å². The van der Waals surface area contributed by atoms with E-state index in [0.717, 1.165) is 10.4 Å². The normalized spacial score (nSPS) is 10.2. The zero-order valence-corrected chi connectivity index (χ0v) is 13.0. The fourth-order valence-electron chi connectivity index (χ4n) is 1.78. The number of carbonyl (C=O) groups excluding carboxylic acids is 2. The summed E-state index contributed by atoms with van der Waals surface area (Å²) in [7, 11) is 0. The first kappa shape index (κ1) is 15.3. The van der Waals surface area contributed by atoms with E-state index in [2.05, 4.69) is 5.32 Å². The number of esters is 1. The summed E-state index contributed by atoms with van der Waals surface area (Å²) in [6, 6.07) is 8.54. The molecule has 110 valence electrons. The molecule has 0 saturated carbocycles. The highest BCUT2D eigenvalue weighted by Gasteiger charge is 2.11. The summed E-state index contributed by atoms with van der Waals surface area (Å²) >= 11 is 1.47. The average Bonchev–Trinajstić information content (AvgIpc) is 2.80. The van der Waals surface area contributed by atoms with Gasteiger partial charge in [0.2, 0.25) is 0 Å². The first-order valence-electron chi connectivity index (χ1n) is 6.67. The van der Waals surface area contributed by atoms with Gasteiger partial charge in [-0.3, -0.25) is 4.79 Å². The molecule has 4 nitrogen and oxygen atoms in total. The van der Waals surface area contributed by atoms with E-state index >= 15 is 0 Å². The molecule has 0 saturated heterocycles. The Morgan fingerprint density at radius 2 is 1.86 bits per heavy atom. The molecule has 0 aliphatic heterocycles. The van der Waals surface area contributed by atoms with Crippen LogP contribution in [-0.4, -0.2) is 18.5 Å². The standard InChI is InChI=1S/C16H17NO3S/c1-4-20-16(19)12-5-7-13(8-6-12)17-15(18)14-9-10(2)11(3)21-14/h5-9H,4H2,1-3H3,(H,17,18). The van der Waals surface area contributed by atoms with E-state index in [4.69, 9.17) is 4.74 Å². The molecule has 0 unspecified atom stereocenters. The lowest BCUT2D eigenvalue weighted by Gasteiger charge is -2.05. The Balaban J connectivity index is 2.06. The second-order valence-corrected chi connectivity index (χ2v) is 5.86. The molecule has 0 radical (unpaired) electrons. The molecule has 0 bridgehead atoms. The molecular formula is C16H17NO3S. The molecule has 0 spiro atoms. The Kier molecular flexibility index (Phi) is 4.75. The van der Waals surface area contributed by atoms with Crippen molar-refractivity contribution >= 4 is 28.9 Å². The molecule has 0 atom stereocenters. The summed E-state index contributed by atoms with van der Waals surface area (Å²) in [5, 5.41) is 2.82. The number of ether oxygens (including phenoxy) is 1. The minimum absolute atomic E-state index is 0.139. The van der Waals surface area contributed by atoms with Crippen LogP contribution in [0.4, 0.5) is 5.69 Å². The van der Waals surface area contributed by atoms with Gasteiger partial charge in [0.15, 0.2) is 0 Å². The van der Waals surface area contributed by atoms with Crippen molar-refractivity contribution in [1.29, 1.82) is 0 Å². The second-order valence-electron chi connectivity index (χ2n) is 4.60. The number of thiophene rings is 1. The minimum Gasteiger partial charge on any atom is -0.462 e. The van der Waals surface area contributed by atoms with Crippen molar-refractivity contribution in [3.8, 4) is 0 Å². The quantitative estimate of drug-likeness (QED) is 0.874. The van der Waals surface area contributed by atoms with Gasteiger partial charge in [0.05, 0.1) is 17.0 Å². The molecule has 5 heteroatoms. The highest BCUT2D eigenvalue weighted by Crippen LogP contribution is 2.22. The van der Waals surface area contributed by atoms with Gasteiger partial charge in [-0.2, -0.15) is 0 Å². The van der Waals surface area contributed by atoms with Crippen molar-refractivity contribution in [2.24, 2.45) is 0 Å². The Morgan fingerprint density at radius 1 is 1.19 bits per heavy atom. The Bertz CT molecular complexity index is 639. The monoisotopic (exact) mass is 303 g/mol. The van der Waals surface area contributed by atoms with Gasteiger partial charge in [-0.15, -0.1) is 11.3 Å². The van der Waals surface area contributed by atoms with Gasteiger partial charge in [0, 0.05) is 10.6 Å². The molecule has 1 aromatic carbocycles. The minimum atomic E-state index is -0.361. The summed E-state index contributed by atoms with van der Waals surface area (Å²) < 4.78 is 4.91. The van der Waals surface area contributed by atoms with E-state index < -0.39 is 0 Å². The average molecular weight is 303 g/mol. The highest BCUT2D eigenvalue weighted by atomic mass is 32.1. The summed E-state index contributed by atoms with van der Waals surface area (Å²) in [6.07, 6.45) is 0. The molecule has 1 heterocycles. The molecule has 2 aromatic rings. The van der Waals surface area contributed by atoms with Crippen LogP contribution in [0.15, 0.2) is 30.3 Å². The maximum atomic E-state index is 12.1. The van der Waals surface area contributed by atoms with Crippen molar-refractivity contribution in [2.45, 2.75) is 20.8 Å². The van der Waals surface area contributed by atoms with Crippen molar-refractivity contribution in [2.75, 3.05) is 11.9 Å². The van der Waals surface area contributed by atoms with E-state index in [1.165, 1.54) is 11.3 Å². The third-order valence-electron chi connectivity index (χ3n) is 3.04. The fourth-order valence-corrected chi connectivity index (χ4v) is 2.71. The third kappa shape index (κ3) is 3.70. The number of carbonyl (C=O) groups is 2. The summed E-state index contributed by atoms with van der Waals surface area (Å²) in [6.45, 7) is 6.08. The molecule has 0 aliphatic carbocycles. The number of benzene rings is 1. The number of nitrogens with one attached hydrogen (secondary N) is 1. The lowest BCUT2D eigenvalue weighted by Crippen LogP contribution is -2.10. The van der Waals surface area contributed by atoms with Gasteiger partial charge in [-0.05, 0) is 56.7 Å². The molecule has 0 aliphatic rings. The number of hydrogen-bond donors (Lipinski definition) is 1. The van der Waals surface area contributed by atoms with Crippen LogP contribution in [0.25, 0.3) is 0 Å². The van der Waals surface area contributed by atoms with Crippen LogP contribution < -0.4 is 5.32 Å². The van der Waals surface area contributed by atoms with E-state index in [-0.39, 0.29) is 11.9 Å². The number of aryl methyl sites for hydroxylation is 2.